The molecule has 0 unspecified atom stereocenters. The van der Waals surface area contributed by atoms with Crippen molar-refractivity contribution in [2.24, 2.45) is 0 Å². The Morgan fingerprint density at radius 1 is 0.800 bits per heavy atom. The lowest BCUT2D eigenvalue weighted by atomic mass is 9.88. The molecule has 6 amide bonds. The summed E-state index contributed by atoms with van der Waals surface area (Å²) in [6.07, 6.45) is -2.81. The number of carbonyl (C=O) groups excluding carboxylic acids is 4. The second kappa shape index (κ2) is 34.9. The van der Waals surface area contributed by atoms with Crippen LogP contribution in [0.4, 0.5) is 9.59 Å². The highest BCUT2D eigenvalue weighted by atomic mass is 35.5. The van der Waals surface area contributed by atoms with E-state index in [0.29, 0.717) is 92.9 Å². The fourth-order valence-electron chi connectivity index (χ4n) is 8.79. The summed E-state index contributed by atoms with van der Waals surface area (Å²) in [5.74, 6) is -3.65. The van der Waals surface area contributed by atoms with Gasteiger partial charge in [-0.15, -0.1) is 5.10 Å². The maximum Gasteiger partial charge on any atom is 0.364 e. The van der Waals surface area contributed by atoms with E-state index in [1.165, 1.54) is 0 Å². The number of carboxylic acids is 1. The van der Waals surface area contributed by atoms with Crippen molar-refractivity contribution < 1.29 is 82.3 Å². The van der Waals surface area contributed by atoms with Crippen LogP contribution in [0.2, 0.25) is 5.02 Å². The van der Waals surface area contributed by atoms with Crippen LogP contribution < -0.4 is 31.9 Å². The number of aliphatic hydroxyl groups is 3. The molecule has 3 aliphatic rings. The number of nitrogens with zero attached hydrogens (tertiary/aromatic N) is 3. The summed E-state index contributed by atoms with van der Waals surface area (Å²) in [5, 5.41) is 69.6. The van der Waals surface area contributed by atoms with E-state index in [1.807, 2.05) is 11.8 Å². The highest BCUT2D eigenvalue weighted by Gasteiger charge is 2.56. The monoisotopic (exact) mass is 1170 g/mol. The van der Waals surface area contributed by atoms with Gasteiger partial charge in [-0.1, -0.05) is 65.7 Å². The SMILES string of the molecule is O=C(CCCC[C@@H]1SC[C@@H]2NC(=O)N[C@@H]21)NCCOCCOCCOCCn1cc(COCCOCCOCCNC(=O)N[C@H]2[C@H]([C@H](O)[C@H](O)CNC(=O)Cc3ccc(Cl)cc3)O[C@@](OCc3ccccc3)(C(=O)O)C[C@@H]2O)nn1. The van der Waals surface area contributed by atoms with Crippen molar-refractivity contribution in [1.29, 1.82) is 0 Å². The number of amides is 6. The highest BCUT2D eigenvalue weighted by molar-refractivity contribution is 8.00. The minimum atomic E-state index is -2.49. The predicted octanol–water partition coefficient (Wildman–Crippen LogP) is 0.269. The van der Waals surface area contributed by atoms with E-state index in [1.54, 1.807) is 65.5 Å². The maximum absolute atomic E-state index is 13.1. The molecule has 1 aromatic heterocycles. The number of thioether (sulfide) groups is 1. The van der Waals surface area contributed by atoms with Crippen LogP contribution in [0.5, 0.6) is 0 Å². The largest absolute Gasteiger partial charge is 0.477 e. The molecule has 0 spiro atoms. The molecule has 10 N–H and O–H groups in total. The number of urea groups is 2. The summed E-state index contributed by atoms with van der Waals surface area (Å²) >= 11 is 7.81. The Kier molecular flexibility index (Phi) is 27.9. The third-order valence-electron chi connectivity index (χ3n) is 13.0. The number of rotatable bonds is 39. The van der Waals surface area contributed by atoms with Gasteiger partial charge in [-0.05, 0) is 36.1 Å². The van der Waals surface area contributed by atoms with Gasteiger partial charge in [0.2, 0.25) is 11.8 Å². The Hall–Kier alpha value is -5.27. The van der Waals surface area contributed by atoms with Crippen molar-refractivity contribution in [1.82, 2.24) is 46.9 Å². The van der Waals surface area contributed by atoms with Gasteiger partial charge in [0, 0.05) is 48.5 Å². The standard InChI is InChI=1S/C52H76ClN9O17S/c53-37-12-10-35(11-13-37)28-44(66)56-30-41(64)47(67)48-46(40(63)29-52(79-48,49(68)69)78-32-36-6-2-1-3-7-36)59-50(70)55-15-18-73-21-24-76-26-27-77-33-38-31-62(61-60-38)16-19-74-22-25-75-23-20-72-17-14-54-43(65)9-5-4-8-42-45-39(34-80-42)57-51(71)58-45/h1-3,6-7,10-13,31,39-42,45-48,63-64,67H,4-5,8-9,14-30,32-34H2,(H,54,65)(H,56,66)(H,68,69)(H2,55,59,70)(H2,57,58,71)/t39-,40-,41+,42-,45-,46+,47+,48+,52+/m0/s1. The highest BCUT2D eigenvalue weighted by Crippen LogP contribution is 2.35. The fraction of sp³-hybridized carbons (Fsp3) is 0.635. The van der Waals surface area contributed by atoms with Crippen molar-refractivity contribution in [3.63, 3.8) is 0 Å². The topological polar surface area (TPSA) is 343 Å². The minimum Gasteiger partial charge on any atom is -0.477 e. The molecule has 4 heterocycles. The van der Waals surface area contributed by atoms with E-state index in [2.05, 4.69) is 42.2 Å². The molecule has 0 saturated carbocycles. The number of hydrogen-bond acceptors (Lipinski definition) is 19. The molecule has 444 valence electrons. The molecule has 0 aliphatic carbocycles. The number of unbranched alkanes of at least 4 members (excludes halogenated alkanes) is 1. The van der Waals surface area contributed by atoms with Gasteiger partial charge in [-0.25, -0.2) is 19.1 Å². The Morgan fingerprint density at radius 2 is 1.46 bits per heavy atom. The Bertz CT molecular complexity index is 2330. The van der Waals surface area contributed by atoms with Crippen molar-refractivity contribution >= 4 is 53.2 Å². The van der Waals surface area contributed by atoms with Gasteiger partial charge in [0.25, 0.3) is 5.79 Å². The third kappa shape index (κ3) is 22.2. The van der Waals surface area contributed by atoms with E-state index >= 15 is 0 Å². The van der Waals surface area contributed by atoms with Crippen LogP contribution >= 0.6 is 23.4 Å². The molecule has 3 aliphatic heterocycles. The normalized spacial score (nSPS) is 22.2. The lowest BCUT2D eigenvalue weighted by Crippen LogP contribution is -2.68. The smallest absolute Gasteiger partial charge is 0.364 e. The first-order valence-electron chi connectivity index (χ1n) is 26.8. The maximum atomic E-state index is 13.1. The molecule has 3 aromatic rings. The third-order valence-corrected chi connectivity index (χ3v) is 14.8. The van der Waals surface area contributed by atoms with Gasteiger partial charge >= 0.3 is 18.0 Å². The van der Waals surface area contributed by atoms with E-state index < -0.39 is 67.1 Å². The molecule has 0 bridgehead atoms. The number of benzene rings is 2. The number of aromatic nitrogens is 3. The molecule has 3 saturated heterocycles. The van der Waals surface area contributed by atoms with Crippen LogP contribution in [-0.4, -0.2) is 217 Å². The Labute approximate surface area is 473 Å². The fourth-order valence-corrected chi connectivity index (χ4v) is 10.5. The molecule has 0 radical (unpaired) electrons. The van der Waals surface area contributed by atoms with E-state index in [0.717, 1.165) is 25.0 Å². The summed E-state index contributed by atoms with van der Waals surface area (Å²) < 4.78 is 46.8. The average molecular weight is 1170 g/mol. The van der Waals surface area contributed by atoms with Crippen LogP contribution in [0.25, 0.3) is 0 Å². The molecule has 2 aromatic carbocycles. The first-order chi connectivity index (χ1) is 38.8. The number of nitrogens with one attached hydrogen (secondary N) is 6. The molecular formula is C52H76ClN9O17S. The lowest BCUT2D eigenvalue weighted by Gasteiger charge is -2.46. The number of aliphatic hydroxyl groups excluding tert-OH is 3. The number of carboxylic acid groups (broad SMARTS) is 1. The van der Waals surface area contributed by atoms with Crippen molar-refractivity contribution in [3.05, 3.63) is 82.6 Å². The summed E-state index contributed by atoms with van der Waals surface area (Å²) in [5.41, 5.74) is 1.88. The van der Waals surface area contributed by atoms with E-state index in [4.69, 9.17) is 49.5 Å². The number of halogens is 1. The molecule has 6 rings (SSSR count). The molecular weight excluding hydrogens is 1090 g/mol. The Morgan fingerprint density at radius 3 is 2.16 bits per heavy atom. The zero-order valence-corrected chi connectivity index (χ0v) is 46.2. The summed E-state index contributed by atoms with van der Waals surface area (Å²) in [4.78, 5) is 62.1. The summed E-state index contributed by atoms with van der Waals surface area (Å²) in [7, 11) is 0. The van der Waals surface area contributed by atoms with Gasteiger partial charge in [0.05, 0.1) is 135 Å². The predicted molar refractivity (Wildman–Crippen MR) is 288 cm³/mol. The zero-order valence-electron chi connectivity index (χ0n) is 44.6. The van der Waals surface area contributed by atoms with Crippen LogP contribution in [0.15, 0.2) is 60.8 Å². The van der Waals surface area contributed by atoms with Crippen LogP contribution in [0, 0.1) is 0 Å². The van der Waals surface area contributed by atoms with Crippen LogP contribution in [0.3, 0.4) is 0 Å². The molecule has 26 nitrogen and oxygen atoms in total. The minimum absolute atomic E-state index is 0.0101. The molecule has 3 fully saturated rings. The van der Waals surface area contributed by atoms with Crippen LogP contribution in [0.1, 0.15) is 48.9 Å². The lowest BCUT2D eigenvalue weighted by molar-refractivity contribution is -0.313. The Balaban J connectivity index is 0.754. The van der Waals surface area contributed by atoms with Crippen LogP contribution in [-0.2, 0) is 78.5 Å². The van der Waals surface area contributed by atoms with Gasteiger partial charge in [0.15, 0.2) is 0 Å². The first-order valence-corrected chi connectivity index (χ1v) is 28.2. The number of aliphatic carboxylic acids is 1. The van der Waals surface area contributed by atoms with Gasteiger partial charge in [-0.2, -0.15) is 11.8 Å². The van der Waals surface area contributed by atoms with Crippen molar-refractivity contribution in [2.45, 2.75) is 112 Å². The van der Waals surface area contributed by atoms with Crippen molar-refractivity contribution in [3.8, 4) is 0 Å². The first kappa shape index (κ1) is 63.9. The quantitative estimate of drug-likeness (QED) is 0.0271. The number of hydrogen-bond donors (Lipinski definition) is 10. The second-order valence-electron chi connectivity index (χ2n) is 19.1. The molecule has 28 heteroatoms. The number of ether oxygens (including phenoxy) is 8. The molecule has 80 heavy (non-hydrogen) atoms. The van der Waals surface area contributed by atoms with Gasteiger partial charge in [-0.3, -0.25) is 9.59 Å². The number of fused-ring (bicyclic) bond motifs is 1. The van der Waals surface area contributed by atoms with Crippen molar-refractivity contribution in [2.75, 3.05) is 98.1 Å². The van der Waals surface area contributed by atoms with E-state index in [9.17, 15) is 44.4 Å². The number of carbonyl (C=O) groups is 5. The zero-order chi connectivity index (χ0) is 57.0. The van der Waals surface area contributed by atoms with Gasteiger partial charge in [0.1, 0.15) is 17.9 Å². The summed E-state index contributed by atoms with van der Waals surface area (Å²) in [6.45, 7) is 3.99. The average Bonchev–Trinajstić information content (AvgIpc) is 4.19. The van der Waals surface area contributed by atoms with Gasteiger partial charge < -0.3 is 90.2 Å². The van der Waals surface area contributed by atoms with E-state index in [-0.39, 0.29) is 76.6 Å². The summed E-state index contributed by atoms with van der Waals surface area (Å²) in [6, 6.07) is 13.2. The molecule has 9 atom stereocenters. The second-order valence-corrected chi connectivity index (χ2v) is 20.8.